The lowest BCUT2D eigenvalue weighted by atomic mass is 10.1. The molecular weight excluding hydrogens is 266 g/mol. The second-order valence-corrected chi connectivity index (χ2v) is 4.77. The number of imide groups is 1. The zero-order valence-electron chi connectivity index (χ0n) is 10.3. The molecule has 0 radical (unpaired) electrons. The van der Waals surface area contributed by atoms with E-state index in [0.717, 1.165) is 4.90 Å². The summed E-state index contributed by atoms with van der Waals surface area (Å²) in [6.07, 6.45) is 0.0819. The summed E-state index contributed by atoms with van der Waals surface area (Å²) in [4.78, 5) is 25.9. The molecule has 3 amide bonds. The zero-order chi connectivity index (χ0) is 14.0. The Morgan fingerprint density at radius 3 is 2.79 bits per heavy atom. The van der Waals surface area contributed by atoms with E-state index in [9.17, 15) is 9.59 Å². The fraction of sp³-hybridized carbons (Fsp3) is 0.308. The first kappa shape index (κ1) is 13.4. The van der Waals surface area contributed by atoms with Gasteiger partial charge in [-0.25, -0.2) is 4.79 Å². The van der Waals surface area contributed by atoms with Crippen LogP contribution in [0.2, 0.25) is 0 Å². The molecule has 1 aliphatic rings. The molecule has 0 N–H and O–H groups in total. The number of alkyl halides is 1. The first-order valence-electron chi connectivity index (χ1n) is 5.74. The molecule has 1 heterocycles. The molecule has 1 aromatic rings. The van der Waals surface area contributed by atoms with Crippen molar-refractivity contribution in [3.05, 3.63) is 35.4 Å². The van der Waals surface area contributed by atoms with E-state index in [2.05, 4.69) is 6.07 Å². The highest BCUT2D eigenvalue weighted by Crippen LogP contribution is 2.22. The molecule has 98 valence electrons. The molecule has 6 heteroatoms. The van der Waals surface area contributed by atoms with Crippen molar-refractivity contribution in [1.29, 1.82) is 5.26 Å². The summed E-state index contributed by atoms with van der Waals surface area (Å²) in [6.45, 7) is 0.217. The lowest BCUT2D eigenvalue weighted by molar-refractivity contribution is -0.130. The highest BCUT2D eigenvalue weighted by molar-refractivity contribution is 6.23. The van der Waals surface area contributed by atoms with Gasteiger partial charge in [-0.05, 0) is 11.6 Å². The smallest absolute Gasteiger partial charge is 0.303 e. The van der Waals surface area contributed by atoms with E-state index in [4.69, 9.17) is 16.9 Å². The molecule has 0 aromatic heterocycles. The molecule has 0 bridgehead atoms. The van der Waals surface area contributed by atoms with Gasteiger partial charge in [-0.2, -0.15) is 5.26 Å². The normalized spacial score (nSPS) is 19.5. The van der Waals surface area contributed by atoms with Gasteiger partial charge in [0, 0.05) is 7.05 Å². The summed E-state index contributed by atoms with van der Waals surface area (Å²) in [6, 6.07) is 8.64. The fourth-order valence-corrected chi connectivity index (χ4v) is 2.21. The fourth-order valence-electron chi connectivity index (χ4n) is 1.93. The van der Waals surface area contributed by atoms with Gasteiger partial charge >= 0.3 is 6.03 Å². The summed E-state index contributed by atoms with van der Waals surface area (Å²) in [7, 11) is 1.43. The van der Waals surface area contributed by atoms with Crippen molar-refractivity contribution in [3.8, 4) is 6.07 Å². The van der Waals surface area contributed by atoms with E-state index in [1.807, 2.05) is 0 Å². The van der Waals surface area contributed by atoms with Gasteiger partial charge in [-0.1, -0.05) is 29.8 Å². The van der Waals surface area contributed by atoms with Crippen molar-refractivity contribution in [3.63, 3.8) is 0 Å². The van der Waals surface area contributed by atoms with Gasteiger partial charge in [0.25, 0.3) is 0 Å². The number of hydrogen-bond donors (Lipinski definition) is 0. The van der Waals surface area contributed by atoms with Crippen molar-refractivity contribution in [1.82, 2.24) is 9.80 Å². The number of urea groups is 1. The number of carbonyl (C=O) groups is 2. The molecule has 1 fully saturated rings. The maximum atomic E-state index is 12.0. The largest absolute Gasteiger partial charge is 0.327 e. The molecule has 0 saturated carbocycles. The van der Waals surface area contributed by atoms with Gasteiger partial charge < -0.3 is 4.90 Å². The van der Waals surface area contributed by atoms with Crippen LogP contribution in [-0.2, 0) is 11.3 Å². The van der Waals surface area contributed by atoms with Crippen molar-refractivity contribution >= 4 is 23.5 Å². The van der Waals surface area contributed by atoms with Crippen molar-refractivity contribution in [2.24, 2.45) is 0 Å². The van der Waals surface area contributed by atoms with Gasteiger partial charge in [0.1, 0.15) is 5.50 Å². The van der Waals surface area contributed by atoms with Crippen LogP contribution in [0.3, 0.4) is 0 Å². The van der Waals surface area contributed by atoms with Crippen LogP contribution in [0.5, 0.6) is 0 Å². The highest BCUT2D eigenvalue weighted by atomic mass is 35.5. The van der Waals surface area contributed by atoms with E-state index in [1.54, 1.807) is 24.3 Å². The molecule has 1 unspecified atom stereocenters. The molecule has 1 aromatic carbocycles. The van der Waals surface area contributed by atoms with Crippen molar-refractivity contribution < 1.29 is 9.59 Å². The maximum Gasteiger partial charge on any atom is 0.327 e. The molecule has 1 saturated heterocycles. The number of rotatable bonds is 2. The van der Waals surface area contributed by atoms with Crippen molar-refractivity contribution in [2.45, 2.75) is 18.5 Å². The molecule has 0 aliphatic carbocycles. The van der Waals surface area contributed by atoms with Crippen LogP contribution in [0.1, 0.15) is 17.5 Å². The minimum atomic E-state index is -0.678. The average molecular weight is 278 g/mol. The minimum Gasteiger partial charge on any atom is -0.303 e. The number of nitrogens with zero attached hydrogens (tertiary/aromatic N) is 3. The lowest BCUT2D eigenvalue weighted by Crippen LogP contribution is -2.53. The maximum absolute atomic E-state index is 12.0. The second kappa shape index (κ2) is 5.29. The second-order valence-electron chi connectivity index (χ2n) is 4.27. The predicted octanol–water partition coefficient (Wildman–Crippen LogP) is 1.91. The Bertz CT molecular complexity index is 567. The summed E-state index contributed by atoms with van der Waals surface area (Å²) < 4.78 is 0. The van der Waals surface area contributed by atoms with E-state index in [-0.39, 0.29) is 18.9 Å². The molecular formula is C13H12ClN3O2. The SMILES string of the molecule is CN1C(=O)CC(Cl)N(Cc2ccccc2C#N)C1=O. The lowest BCUT2D eigenvalue weighted by Gasteiger charge is -2.35. The first-order chi connectivity index (χ1) is 9.04. The Morgan fingerprint density at radius 2 is 2.11 bits per heavy atom. The molecule has 2 rings (SSSR count). The average Bonchev–Trinajstić information content (AvgIpc) is 2.41. The Morgan fingerprint density at radius 1 is 1.42 bits per heavy atom. The number of amides is 3. The van der Waals surface area contributed by atoms with Gasteiger partial charge in [-0.15, -0.1) is 0 Å². The van der Waals surface area contributed by atoms with Crippen LogP contribution in [0.25, 0.3) is 0 Å². The van der Waals surface area contributed by atoms with E-state index in [1.165, 1.54) is 11.9 Å². The molecule has 19 heavy (non-hydrogen) atoms. The number of halogens is 1. The molecule has 1 aliphatic heterocycles. The first-order valence-corrected chi connectivity index (χ1v) is 6.17. The number of benzene rings is 1. The van der Waals surface area contributed by atoms with E-state index < -0.39 is 11.5 Å². The van der Waals surface area contributed by atoms with Gasteiger partial charge in [0.15, 0.2) is 0 Å². The Hall–Kier alpha value is -2.06. The monoisotopic (exact) mass is 277 g/mol. The predicted molar refractivity (Wildman–Crippen MR) is 69.1 cm³/mol. The van der Waals surface area contributed by atoms with Crippen LogP contribution < -0.4 is 0 Å². The van der Waals surface area contributed by atoms with E-state index >= 15 is 0 Å². The standard InChI is InChI=1S/C13H12ClN3O2/c1-16-12(18)6-11(14)17(13(16)19)8-10-5-3-2-4-9(10)7-15/h2-5,11H,6,8H2,1H3. The summed E-state index contributed by atoms with van der Waals surface area (Å²) in [5, 5.41) is 9.02. The molecule has 5 nitrogen and oxygen atoms in total. The van der Waals surface area contributed by atoms with Crippen LogP contribution in [-0.4, -0.2) is 34.3 Å². The minimum absolute atomic E-state index is 0.0819. The highest BCUT2D eigenvalue weighted by Gasteiger charge is 2.35. The summed E-state index contributed by atoms with van der Waals surface area (Å²) in [5.74, 6) is -0.296. The van der Waals surface area contributed by atoms with Gasteiger partial charge in [0.2, 0.25) is 5.91 Å². The van der Waals surface area contributed by atoms with Crippen LogP contribution in [0, 0.1) is 11.3 Å². The number of hydrogen-bond acceptors (Lipinski definition) is 3. The van der Waals surface area contributed by atoms with Gasteiger partial charge in [-0.3, -0.25) is 9.69 Å². The number of nitriles is 1. The third kappa shape index (κ3) is 2.54. The van der Waals surface area contributed by atoms with Crippen LogP contribution in [0.4, 0.5) is 4.79 Å². The topological polar surface area (TPSA) is 64.4 Å². The quantitative estimate of drug-likeness (QED) is 0.613. The Balaban J connectivity index is 2.25. The van der Waals surface area contributed by atoms with Crippen LogP contribution >= 0.6 is 11.6 Å². The third-order valence-corrected chi connectivity index (χ3v) is 3.46. The summed E-state index contributed by atoms with van der Waals surface area (Å²) >= 11 is 6.06. The molecule has 0 spiro atoms. The molecule has 1 atom stereocenters. The van der Waals surface area contributed by atoms with Gasteiger partial charge in [0.05, 0.1) is 24.6 Å². The Labute approximate surface area is 116 Å². The third-order valence-electron chi connectivity index (χ3n) is 3.07. The van der Waals surface area contributed by atoms with E-state index in [0.29, 0.717) is 11.1 Å². The van der Waals surface area contributed by atoms with Crippen LogP contribution in [0.15, 0.2) is 24.3 Å². The zero-order valence-corrected chi connectivity index (χ0v) is 11.1. The Kier molecular flexibility index (Phi) is 3.72. The van der Waals surface area contributed by atoms with Crippen molar-refractivity contribution in [2.75, 3.05) is 7.05 Å². The number of carbonyl (C=O) groups excluding carboxylic acids is 2. The summed E-state index contributed by atoms with van der Waals surface area (Å²) in [5.41, 5.74) is 0.536.